The van der Waals surface area contributed by atoms with Crippen LogP contribution in [0.25, 0.3) is 0 Å². The SMILES string of the molecule is COC(=O)[C@H](CCCCNC(=O)[C@H](CCCCN)NC(=O)OC(C)(C)C)NC(=O)[C@H](CCCCN)NC(=O)OC(C)(C)C. The van der Waals surface area contributed by atoms with Gasteiger partial charge < -0.3 is 46.9 Å². The molecule has 0 saturated heterocycles. The molecule has 8 N–H and O–H groups in total. The number of alkyl carbamates (subject to hydrolysis) is 2. The number of hydrogen-bond donors (Lipinski definition) is 6. The molecule has 0 fully saturated rings. The number of unbranched alkanes of at least 4 members (excludes halogenated alkanes) is 3. The Hall–Kier alpha value is -3.13. The lowest BCUT2D eigenvalue weighted by Gasteiger charge is -2.25. The Morgan fingerprint density at radius 3 is 1.44 bits per heavy atom. The number of esters is 1. The summed E-state index contributed by atoms with van der Waals surface area (Å²) in [6.07, 6.45) is 3.11. The van der Waals surface area contributed by atoms with Crippen LogP contribution in [0.5, 0.6) is 0 Å². The average Bonchev–Trinajstić information content (AvgIpc) is 2.88. The molecular weight excluding hydrogens is 560 g/mol. The number of methoxy groups -OCH3 is 1. The van der Waals surface area contributed by atoms with Crippen molar-refractivity contribution in [2.45, 2.75) is 129 Å². The van der Waals surface area contributed by atoms with Crippen molar-refractivity contribution in [3.05, 3.63) is 0 Å². The van der Waals surface area contributed by atoms with E-state index in [2.05, 4.69) is 21.3 Å². The molecule has 0 saturated carbocycles. The highest BCUT2D eigenvalue weighted by Gasteiger charge is 2.29. The molecule has 0 radical (unpaired) electrons. The fourth-order valence-electron chi connectivity index (χ4n) is 3.89. The molecule has 0 heterocycles. The number of nitrogens with two attached hydrogens (primary N) is 2. The van der Waals surface area contributed by atoms with Gasteiger partial charge in [0.1, 0.15) is 29.3 Å². The monoisotopic (exact) mass is 616 g/mol. The standard InChI is InChI=1S/C29H56N6O8/c1-28(2,3)42-26(39)34-20(14-8-11-17-30)23(36)32-19-13-10-16-22(25(38)41-7)33-24(37)21(15-9-12-18-31)35-27(40)43-29(4,5)6/h20-22H,8-19,30-31H2,1-7H3,(H,32,36)(H,33,37)(H,34,39)(H,35,40)/t20-,21-,22-/m0/s1. The van der Waals surface area contributed by atoms with Crippen molar-refractivity contribution in [2.24, 2.45) is 11.5 Å². The summed E-state index contributed by atoms with van der Waals surface area (Å²) in [5.74, 6) is -1.52. The molecule has 0 bridgehead atoms. The first-order chi connectivity index (χ1) is 20.0. The van der Waals surface area contributed by atoms with Crippen molar-refractivity contribution in [1.29, 1.82) is 0 Å². The summed E-state index contributed by atoms with van der Waals surface area (Å²) >= 11 is 0. The van der Waals surface area contributed by atoms with Gasteiger partial charge in [-0.1, -0.05) is 0 Å². The molecule has 4 amide bonds. The fourth-order valence-corrected chi connectivity index (χ4v) is 3.89. The van der Waals surface area contributed by atoms with Crippen LogP contribution in [0, 0.1) is 0 Å². The molecule has 0 spiro atoms. The van der Waals surface area contributed by atoms with Gasteiger partial charge in [0.05, 0.1) is 7.11 Å². The molecule has 14 heteroatoms. The third-order valence-electron chi connectivity index (χ3n) is 5.93. The van der Waals surface area contributed by atoms with Gasteiger partial charge in [0.25, 0.3) is 0 Å². The Labute approximate surface area is 256 Å². The zero-order valence-electron chi connectivity index (χ0n) is 27.1. The van der Waals surface area contributed by atoms with Gasteiger partial charge in [-0.3, -0.25) is 9.59 Å². The summed E-state index contributed by atoms with van der Waals surface area (Å²) in [7, 11) is 1.22. The molecule has 250 valence electrons. The van der Waals surface area contributed by atoms with Crippen molar-refractivity contribution >= 4 is 30.0 Å². The molecule has 14 nitrogen and oxygen atoms in total. The molecule has 3 atom stereocenters. The molecule has 43 heavy (non-hydrogen) atoms. The lowest BCUT2D eigenvalue weighted by Crippen LogP contribution is -2.52. The van der Waals surface area contributed by atoms with Crippen LogP contribution >= 0.6 is 0 Å². The molecule has 0 aromatic carbocycles. The third-order valence-corrected chi connectivity index (χ3v) is 5.93. The van der Waals surface area contributed by atoms with Gasteiger partial charge in [0.2, 0.25) is 11.8 Å². The van der Waals surface area contributed by atoms with Gasteiger partial charge in [0, 0.05) is 6.54 Å². The van der Waals surface area contributed by atoms with E-state index in [-0.39, 0.29) is 18.9 Å². The number of amides is 4. The Morgan fingerprint density at radius 1 is 0.605 bits per heavy atom. The normalized spacial score (nSPS) is 13.6. The van der Waals surface area contributed by atoms with E-state index in [0.29, 0.717) is 64.5 Å². The molecule has 0 rings (SSSR count). The smallest absolute Gasteiger partial charge is 0.408 e. The Kier molecular flexibility index (Phi) is 19.2. The van der Waals surface area contributed by atoms with Crippen LogP contribution < -0.4 is 32.7 Å². The summed E-state index contributed by atoms with van der Waals surface area (Å²) in [6.45, 7) is 11.5. The summed E-state index contributed by atoms with van der Waals surface area (Å²) in [6, 6.07) is -2.66. The Bertz CT molecular complexity index is 872. The van der Waals surface area contributed by atoms with Gasteiger partial charge in [0.15, 0.2) is 0 Å². The van der Waals surface area contributed by atoms with Crippen molar-refractivity contribution in [3.8, 4) is 0 Å². The topological polar surface area (TPSA) is 213 Å². The van der Waals surface area contributed by atoms with E-state index < -0.39 is 53.4 Å². The number of rotatable bonds is 19. The van der Waals surface area contributed by atoms with E-state index in [1.54, 1.807) is 41.5 Å². The number of carbonyl (C=O) groups excluding carboxylic acids is 5. The van der Waals surface area contributed by atoms with E-state index in [4.69, 9.17) is 25.7 Å². The van der Waals surface area contributed by atoms with Gasteiger partial charge in [-0.05, 0) is 112 Å². The van der Waals surface area contributed by atoms with Crippen LogP contribution in [0.1, 0.15) is 99.3 Å². The number of ether oxygens (including phenoxy) is 3. The molecular formula is C29H56N6O8. The molecule has 0 aliphatic carbocycles. The van der Waals surface area contributed by atoms with Crippen LogP contribution in [0.4, 0.5) is 9.59 Å². The second-order valence-corrected chi connectivity index (χ2v) is 12.3. The van der Waals surface area contributed by atoms with Crippen LogP contribution in [0.2, 0.25) is 0 Å². The Balaban J connectivity index is 5.09. The summed E-state index contributed by atoms with van der Waals surface area (Å²) in [5.41, 5.74) is 9.68. The second-order valence-electron chi connectivity index (χ2n) is 12.3. The largest absolute Gasteiger partial charge is 0.467 e. The third kappa shape index (κ3) is 20.4. The molecule has 0 aliphatic heterocycles. The number of carbonyl (C=O) groups is 5. The minimum atomic E-state index is -0.955. The zero-order valence-corrected chi connectivity index (χ0v) is 27.1. The molecule has 0 aromatic rings. The quantitative estimate of drug-likeness (QED) is 0.0705. The van der Waals surface area contributed by atoms with Gasteiger partial charge in [-0.25, -0.2) is 14.4 Å². The summed E-state index contributed by atoms with van der Waals surface area (Å²) < 4.78 is 15.4. The highest BCUT2D eigenvalue weighted by atomic mass is 16.6. The first-order valence-electron chi connectivity index (χ1n) is 15.1. The first kappa shape index (κ1) is 39.9. The van der Waals surface area contributed by atoms with E-state index in [1.165, 1.54) is 7.11 Å². The average molecular weight is 617 g/mol. The predicted octanol–water partition coefficient (Wildman–Crippen LogP) is 1.98. The lowest BCUT2D eigenvalue weighted by molar-refractivity contribution is -0.145. The van der Waals surface area contributed by atoms with Crippen LogP contribution in [-0.4, -0.2) is 86.0 Å². The van der Waals surface area contributed by atoms with Gasteiger partial charge >= 0.3 is 18.2 Å². The van der Waals surface area contributed by atoms with Crippen LogP contribution in [0.15, 0.2) is 0 Å². The van der Waals surface area contributed by atoms with E-state index >= 15 is 0 Å². The second kappa shape index (κ2) is 20.7. The lowest BCUT2D eigenvalue weighted by atomic mass is 10.1. The van der Waals surface area contributed by atoms with Gasteiger partial charge in [-0.2, -0.15) is 0 Å². The maximum Gasteiger partial charge on any atom is 0.408 e. The molecule has 0 unspecified atom stereocenters. The Morgan fingerprint density at radius 2 is 1.02 bits per heavy atom. The van der Waals surface area contributed by atoms with Crippen LogP contribution in [-0.2, 0) is 28.6 Å². The number of hydrogen-bond acceptors (Lipinski definition) is 10. The number of nitrogens with one attached hydrogen (secondary N) is 4. The van der Waals surface area contributed by atoms with Crippen molar-refractivity contribution in [3.63, 3.8) is 0 Å². The van der Waals surface area contributed by atoms with E-state index in [1.807, 2.05) is 0 Å². The highest BCUT2D eigenvalue weighted by Crippen LogP contribution is 2.11. The van der Waals surface area contributed by atoms with Gasteiger partial charge in [-0.15, -0.1) is 0 Å². The van der Waals surface area contributed by atoms with E-state index in [0.717, 1.165) is 0 Å². The van der Waals surface area contributed by atoms with Crippen LogP contribution in [0.3, 0.4) is 0 Å². The predicted molar refractivity (Wildman–Crippen MR) is 163 cm³/mol. The van der Waals surface area contributed by atoms with Crippen molar-refractivity contribution < 1.29 is 38.2 Å². The summed E-state index contributed by atoms with van der Waals surface area (Å²) in [4.78, 5) is 62.9. The van der Waals surface area contributed by atoms with E-state index in [9.17, 15) is 24.0 Å². The minimum absolute atomic E-state index is 0.242. The minimum Gasteiger partial charge on any atom is -0.467 e. The molecule has 0 aromatic heterocycles. The van der Waals surface area contributed by atoms with Crippen molar-refractivity contribution in [2.75, 3.05) is 26.7 Å². The van der Waals surface area contributed by atoms with Crippen molar-refractivity contribution in [1.82, 2.24) is 21.3 Å². The highest BCUT2D eigenvalue weighted by molar-refractivity contribution is 5.89. The summed E-state index contributed by atoms with van der Waals surface area (Å²) in [5, 5.41) is 10.7. The zero-order chi connectivity index (χ0) is 33.1. The first-order valence-corrected chi connectivity index (χ1v) is 15.1. The molecule has 0 aliphatic rings. The fraction of sp³-hybridized carbons (Fsp3) is 0.828. The maximum atomic E-state index is 13.1. The maximum absolute atomic E-state index is 13.1.